The highest BCUT2D eigenvalue weighted by atomic mass is 32.2. The molecule has 2 N–H and O–H groups in total. The number of ether oxygens (including phenoxy) is 2. The first-order valence-corrected chi connectivity index (χ1v) is 13.9. The van der Waals surface area contributed by atoms with Crippen LogP contribution in [0.5, 0.6) is 0 Å². The van der Waals surface area contributed by atoms with Crippen molar-refractivity contribution in [3.8, 4) is 0 Å². The molecule has 0 spiro atoms. The van der Waals surface area contributed by atoms with Crippen molar-refractivity contribution in [1.82, 2.24) is 14.7 Å². The Balaban J connectivity index is 2.15. The highest BCUT2D eigenvalue weighted by Crippen LogP contribution is 2.27. The number of esters is 2. The van der Waals surface area contributed by atoms with Gasteiger partial charge in [0.2, 0.25) is 5.91 Å². The van der Waals surface area contributed by atoms with E-state index in [1.807, 2.05) is 0 Å². The van der Waals surface area contributed by atoms with E-state index in [9.17, 15) is 27.6 Å². The fraction of sp³-hybridized carbons (Fsp3) is 0.429. The summed E-state index contributed by atoms with van der Waals surface area (Å²) in [7, 11) is -1.87. The minimum absolute atomic E-state index is 0.0830. The number of thioether (sulfide) groups is 1. The highest BCUT2D eigenvalue weighted by Gasteiger charge is 2.31. The SMILES string of the molecule is COC(=O)CC(CSC[C@H](NS(=O)(=O)c1sc(NC(C)=O)nc1C)C(=O)OC)C(=O)c1cccnc1. The van der Waals surface area contributed by atoms with Gasteiger partial charge in [-0.05, 0) is 19.1 Å². The summed E-state index contributed by atoms with van der Waals surface area (Å²) in [6, 6.07) is 1.88. The molecule has 1 amide bonds. The van der Waals surface area contributed by atoms with E-state index in [-0.39, 0.29) is 38.7 Å². The molecule has 15 heteroatoms. The van der Waals surface area contributed by atoms with Gasteiger partial charge in [-0.2, -0.15) is 16.5 Å². The lowest BCUT2D eigenvalue weighted by Crippen LogP contribution is -2.43. The van der Waals surface area contributed by atoms with Crippen molar-refractivity contribution in [3.05, 3.63) is 35.8 Å². The Kier molecular flexibility index (Phi) is 11.0. The molecule has 0 saturated heterocycles. The van der Waals surface area contributed by atoms with Crippen molar-refractivity contribution in [1.29, 1.82) is 0 Å². The Morgan fingerprint density at radius 2 is 1.89 bits per heavy atom. The fourth-order valence-corrected chi connectivity index (χ4v) is 6.87. The summed E-state index contributed by atoms with van der Waals surface area (Å²) in [6.07, 6.45) is 2.70. The van der Waals surface area contributed by atoms with E-state index in [1.165, 1.54) is 33.4 Å². The number of hydrogen-bond donors (Lipinski definition) is 2. The molecule has 0 fully saturated rings. The molecule has 2 aromatic rings. The third-order valence-corrected chi connectivity index (χ3v) is 8.99. The Morgan fingerprint density at radius 1 is 1.17 bits per heavy atom. The van der Waals surface area contributed by atoms with Gasteiger partial charge in [0.05, 0.1) is 26.3 Å². The normalized spacial score (nSPS) is 12.9. The van der Waals surface area contributed by atoms with Gasteiger partial charge in [-0.15, -0.1) is 0 Å². The first-order chi connectivity index (χ1) is 17.0. The molecule has 2 rings (SSSR count). The van der Waals surface area contributed by atoms with Crippen molar-refractivity contribution in [2.75, 3.05) is 31.0 Å². The second-order valence-electron chi connectivity index (χ2n) is 7.39. The zero-order valence-corrected chi connectivity index (χ0v) is 22.4. The number of pyridine rings is 1. The molecule has 0 bridgehead atoms. The predicted octanol–water partition coefficient (Wildman–Crippen LogP) is 1.42. The molecular weight excluding hydrogens is 532 g/mol. The van der Waals surface area contributed by atoms with Gasteiger partial charge in [-0.3, -0.25) is 24.2 Å². The Hall–Kier alpha value is -2.88. The summed E-state index contributed by atoms with van der Waals surface area (Å²) in [5.74, 6) is -2.93. The number of nitrogens with zero attached hydrogens (tertiary/aromatic N) is 2. The number of hydrogen-bond acceptors (Lipinski definition) is 12. The lowest BCUT2D eigenvalue weighted by molar-refractivity contribution is -0.142. The molecule has 196 valence electrons. The maximum absolute atomic E-state index is 13.0. The standard InChI is InChI=1S/C21H26N4O8S3/c1-12-20(35-21(23-12)24-13(2)26)36(30,31)25-16(19(29)33-4)11-34-10-15(8-17(27)32-3)18(28)14-6-5-7-22-9-14/h5-7,9,15-16,25H,8,10-11H2,1-4H3,(H,23,24,26)/t15?,16-/m0/s1. The number of amides is 1. The zero-order valence-electron chi connectivity index (χ0n) is 20.0. The van der Waals surface area contributed by atoms with Gasteiger partial charge in [0.15, 0.2) is 15.1 Å². The van der Waals surface area contributed by atoms with Gasteiger partial charge >= 0.3 is 11.9 Å². The number of carbonyl (C=O) groups excluding carboxylic acids is 4. The molecule has 2 heterocycles. The largest absolute Gasteiger partial charge is 0.469 e. The van der Waals surface area contributed by atoms with Gasteiger partial charge in [0, 0.05) is 42.3 Å². The molecule has 0 aliphatic heterocycles. The number of sulfonamides is 1. The minimum Gasteiger partial charge on any atom is -0.469 e. The van der Waals surface area contributed by atoms with Crippen molar-refractivity contribution in [2.45, 2.75) is 30.5 Å². The summed E-state index contributed by atoms with van der Waals surface area (Å²) in [6.45, 7) is 2.72. The second-order valence-corrected chi connectivity index (χ2v) is 11.4. The van der Waals surface area contributed by atoms with Crippen LogP contribution in [0.2, 0.25) is 0 Å². The van der Waals surface area contributed by atoms with Crippen LogP contribution < -0.4 is 10.0 Å². The smallest absolute Gasteiger partial charge is 0.324 e. The van der Waals surface area contributed by atoms with E-state index in [1.54, 1.807) is 12.1 Å². The average molecular weight is 559 g/mol. The lowest BCUT2D eigenvalue weighted by Gasteiger charge is -2.18. The number of thiazole rings is 1. The second kappa shape index (κ2) is 13.4. The van der Waals surface area contributed by atoms with Crippen LogP contribution >= 0.6 is 23.1 Å². The molecule has 36 heavy (non-hydrogen) atoms. The highest BCUT2D eigenvalue weighted by molar-refractivity contribution is 7.99. The van der Waals surface area contributed by atoms with Crippen LogP contribution in [0.4, 0.5) is 5.13 Å². The summed E-state index contributed by atoms with van der Waals surface area (Å²) in [5, 5.41) is 2.52. The van der Waals surface area contributed by atoms with Crippen LogP contribution in [0, 0.1) is 12.8 Å². The van der Waals surface area contributed by atoms with Crippen LogP contribution in [0.25, 0.3) is 0 Å². The quantitative estimate of drug-likeness (QED) is 0.269. The third-order valence-electron chi connectivity index (χ3n) is 4.63. The van der Waals surface area contributed by atoms with Gasteiger partial charge < -0.3 is 14.8 Å². The molecule has 0 saturated carbocycles. The number of Topliss-reactive ketones (excluding diaryl/α,β-unsaturated/α-hetero) is 1. The molecule has 0 aliphatic rings. The maximum atomic E-state index is 13.0. The number of aryl methyl sites for hydroxylation is 1. The van der Waals surface area contributed by atoms with Crippen LogP contribution in [0.15, 0.2) is 28.7 Å². The van der Waals surface area contributed by atoms with Crippen LogP contribution in [-0.2, 0) is 33.9 Å². The molecule has 1 unspecified atom stereocenters. The van der Waals surface area contributed by atoms with Crippen molar-refractivity contribution < 1.29 is 37.1 Å². The third kappa shape index (κ3) is 8.36. The summed E-state index contributed by atoms with van der Waals surface area (Å²) < 4.78 is 37.5. The zero-order chi connectivity index (χ0) is 26.9. The van der Waals surface area contributed by atoms with Gasteiger partial charge in [-0.1, -0.05) is 11.3 Å². The number of rotatable bonds is 13. The first kappa shape index (κ1) is 29.4. The Bertz CT molecular complexity index is 1200. The van der Waals surface area contributed by atoms with Gasteiger partial charge in [0.1, 0.15) is 6.04 Å². The van der Waals surface area contributed by atoms with E-state index in [0.29, 0.717) is 5.56 Å². The molecule has 12 nitrogen and oxygen atoms in total. The lowest BCUT2D eigenvalue weighted by atomic mass is 9.97. The van der Waals surface area contributed by atoms with Crippen molar-refractivity contribution in [2.24, 2.45) is 5.92 Å². The topological polar surface area (TPSA) is 171 Å². The average Bonchev–Trinajstić information content (AvgIpc) is 3.22. The first-order valence-electron chi connectivity index (χ1n) is 10.4. The Morgan fingerprint density at radius 3 is 2.47 bits per heavy atom. The predicted molar refractivity (Wildman–Crippen MR) is 133 cm³/mol. The number of anilines is 1. The van der Waals surface area contributed by atoms with Crippen molar-refractivity contribution >= 4 is 61.9 Å². The maximum Gasteiger partial charge on any atom is 0.324 e. The van der Waals surface area contributed by atoms with Crippen LogP contribution in [-0.4, -0.2) is 73.8 Å². The number of methoxy groups -OCH3 is 2. The molecule has 2 aromatic heterocycles. The molecule has 0 radical (unpaired) electrons. The number of ketones is 1. The van der Waals surface area contributed by atoms with E-state index >= 15 is 0 Å². The molecule has 0 aliphatic carbocycles. The Labute approximate surface area is 216 Å². The summed E-state index contributed by atoms with van der Waals surface area (Å²) in [4.78, 5) is 56.3. The van der Waals surface area contributed by atoms with Crippen molar-refractivity contribution in [3.63, 3.8) is 0 Å². The fourth-order valence-electron chi connectivity index (χ4n) is 2.95. The van der Waals surface area contributed by atoms with Gasteiger partial charge in [0.25, 0.3) is 10.0 Å². The number of nitrogens with one attached hydrogen (secondary N) is 2. The van der Waals surface area contributed by atoms with E-state index in [4.69, 9.17) is 4.74 Å². The number of aromatic nitrogens is 2. The summed E-state index contributed by atoms with van der Waals surface area (Å²) >= 11 is 1.84. The summed E-state index contributed by atoms with van der Waals surface area (Å²) in [5.41, 5.74) is 0.459. The molecule has 0 aromatic carbocycles. The molecule has 2 atom stereocenters. The monoisotopic (exact) mass is 558 g/mol. The van der Waals surface area contributed by atoms with E-state index in [2.05, 4.69) is 24.7 Å². The molecular formula is C21H26N4O8S3. The van der Waals surface area contributed by atoms with Gasteiger partial charge in [-0.25, -0.2) is 13.4 Å². The minimum atomic E-state index is -4.20. The number of carbonyl (C=O) groups is 4. The van der Waals surface area contributed by atoms with Crippen LogP contribution in [0.3, 0.4) is 0 Å². The van der Waals surface area contributed by atoms with E-state index < -0.39 is 39.8 Å². The van der Waals surface area contributed by atoms with E-state index in [0.717, 1.165) is 30.2 Å². The van der Waals surface area contributed by atoms with Crippen LogP contribution in [0.1, 0.15) is 29.4 Å².